The fraction of sp³-hybridized carbons (Fsp3) is 0.250. The summed E-state index contributed by atoms with van der Waals surface area (Å²) >= 11 is 6.13. The number of ether oxygens (including phenoxy) is 1. The molecule has 0 saturated heterocycles. The third-order valence-electron chi connectivity index (χ3n) is 3.96. The van der Waals surface area contributed by atoms with Crippen LogP contribution in [0.5, 0.6) is 5.75 Å². The molecule has 0 saturated carbocycles. The molecule has 1 amide bonds. The quantitative estimate of drug-likeness (QED) is 0.660. The normalized spacial score (nSPS) is 11.8. The van der Waals surface area contributed by atoms with Gasteiger partial charge in [0.25, 0.3) is 5.91 Å². The van der Waals surface area contributed by atoms with Crippen molar-refractivity contribution in [3.05, 3.63) is 65.0 Å². The van der Waals surface area contributed by atoms with Crippen molar-refractivity contribution >= 4 is 17.5 Å². The molecule has 7 heteroatoms. The van der Waals surface area contributed by atoms with Gasteiger partial charge in [-0.3, -0.25) is 4.79 Å². The summed E-state index contributed by atoms with van der Waals surface area (Å²) in [4.78, 5) is 16.7. The van der Waals surface area contributed by atoms with Crippen molar-refractivity contribution in [1.29, 1.82) is 0 Å². The first-order valence-electron chi connectivity index (χ1n) is 8.65. The molecule has 6 nitrogen and oxygen atoms in total. The van der Waals surface area contributed by atoms with Crippen LogP contribution in [0, 0.1) is 6.92 Å². The molecule has 1 unspecified atom stereocenters. The summed E-state index contributed by atoms with van der Waals surface area (Å²) in [5.74, 6) is 1.09. The van der Waals surface area contributed by atoms with Gasteiger partial charge in [-0.25, -0.2) is 0 Å². The zero-order chi connectivity index (χ0) is 19.2. The predicted molar refractivity (Wildman–Crippen MR) is 102 cm³/mol. The third-order valence-corrected chi connectivity index (χ3v) is 4.29. The smallest absolute Gasteiger partial charge is 0.261 e. The zero-order valence-corrected chi connectivity index (χ0v) is 15.9. The molecule has 140 valence electrons. The Morgan fingerprint density at radius 1 is 1.22 bits per heavy atom. The number of hydrogen-bond donors (Lipinski definition) is 1. The maximum absolute atomic E-state index is 12.4. The third kappa shape index (κ3) is 4.86. The van der Waals surface area contributed by atoms with Crippen LogP contribution in [0.1, 0.15) is 24.8 Å². The molecule has 1 atom stereocenters. The van der Waals surface area contributed by atoms with E-state index < -0.39 is 6.10 Å². The van der Waals surface area contributed by atoms with Gasteiger partial charge >= 0.3 is 0 Å². The largest absolute Gasteiger partial charge is 0.481 e. The Labute approximate surface area is 162 Å². The topological polar surface area (TPSA) is 77.2 Å². The fourth-order valence-corrected chi connectivity index (χ4v) is 2.68. The summed E-state index contributed by atoms with van der Waals surface area (Å²) in [6, 6.07) is 14.8. The molecule has 0 aliphatic heterocycles. The molecule has 1 N–H and O–H groups in total. The summed E-state index contributed by atoms with van der Waals surface area (Å²) in [6.07, 6.45) is -0.0623. The number of carbonyl (C=O) groups is 1. The van der Waals surface area contributed by atoms with Gasteiger partial charge in [0.2, 0.25) is 11.7 Å². The van der Waals surface area contributed by atoms with E-state index in [9.17, 15) is 4.79 Å². The van der Waals surface area contributed by atoms with Crippen molar-refractivity contribution in [1.82, 2.24) is 15.5 Å². The average Bonchev–Trinajstić information content (AvgIpc) is 3.15. The van der Waals surface area contributed by atoms with Gasteiger partial charge in [0.05, 0.1) is 11.6 Å². The molecule has 0 fully saturated rings. The molecule has 0 radical (unpaired) electrons. The number of halogens is 1. The Morgan fingerprint density at radius 2 is 1.96 bits per heavy atom. The minimum Gasteiger partial charge on any atom is -0.481 e. The maximum Gasteiger partial charge on any atom is 0.261 e. The van der Waals surface area contributed by atoms with Gasteiger partial charge in [0, 0.05) is 5.56 Å². The Morgan fingerprint density at radius 3 is 2.67 bits per heavy atom. The number of amides is 1. The van der Waals surface area contributed by atoms with Crippen LogP contribution in [0.2, 0.25) is 5.02 Å². The monoisotopic (exact) mass is 385 g/mol. The van der Waals surface area contributed by atoms with E-state index in [4.69, 9.17) is 20.9 Å². The summed E-state index contributed by atoms with van der Waals surface area (Å²) < 4.78 is 11.0. The van der Waals surface area contributed by atoms with Gasteiger partial charge in [-0.05, 0) is 37.6 Å². The van der Waals surface area contributed by atoms with E-state index in [1.807, 2.05) is 50.2 Å². The molecule has 27 heavy (non-hydrogen) atoms. The minimum absolute atomic E-state index is 0.115. The highest BCUT2D eigenvalue weighted by atomic mass is 35.5. The highest BCUT2D eigenvalue weighted by Crippen LogP contribution is 2.24. The van der Waals surface area contributed by atoms with Crippen molar-refractivity contribution < 1.29 is 14.1 Å². The van der Waals surface area contributed by atoms with Gasteiger partial charge in [-0.2, -0.15) is 4.98 Å². The summed E-state index contributed by atoms with van der Waals surface area (Å²) in [5, 5.41) is 7.21. The summed E-state index contributed by atoms with van der Waals surface area (Å²) in [5.41, 5.74) is 1.81. The molecule has 0 aliphatic rings. The Balaban J connectivity index is 1.59. The van der Waals surface area contributed by atoms with Crippen LogP contribution in [0.3, 0.4) is 0 Å². The minimum atomic E-state index is -0.598. The van der Waals surface area contributed by atoms with E-state index in [0.29, 0.717) is 34.5 Å². The van der Waals surface area contributed by atoms with E-state index in [2.05, 4.69) is 15.5 Å². The van der Waals surface area contributed by atoms with E-state index >= 15 is 0 Å². The molecule has 1 heterocycles. The lowest BCUT2D eigenvalue weighted by Gasteiger charge is -2.16. The van der Waals surface area contributed by atoms with Crippen LogP contribution in [-0.4, -0.2) is 22.2 Å². The first-order chi connectivity index (χ1) is 13.1. The highest BCUT2D eigenvalue weighted by molar-refractivity contribution is 6.33. The summed E-state index contributed by atoms with van der Waals surface area (Å²) in [6.45, 7) is 4.00. The second-order valence-electron chi connectivity index (χ2n) is 6.04. The number of hydrogen-bond acceptors (Lipinski definition) is 5. The number of rotatable bonds is 7. The van der Waals surface area contributed by atoms with Gasteiger partial charge in [-0.15, -0.1) is 0 Å². The first kappa shape index (κ1) is 18.9. The van der Waals surface area contributed by atoms with E-state index in [1.54, 1.807) is 12.1 Å². The number of carbonyl (C=O) groups excluding carboxylic acids is 1. The van der Waals surface area contributed by atoms with E-state index in [1.165, 1.54) is 0 Å². The number of aryl methyl sites for hydroxylation is 1. The van der Waals surface area contributed by atoms with Gasteiger partial charge in [-0.1, -0.05) is 53.5 Å². The van der Waals surface area contributed by atoms with Crippen LogP contribution in [-0.2, 0) is 11.3 Å². The fourth-order valence-electron chi connectivity index (χ4n) is 2.46. The van der Waals surface area contributed by atoms with Crippen LogP contribution in [0.15, 0.2) is 53.1 Å². The lowest BCUT2D eigenvalue weighted by molar-refractivity contribution is -0.128. The maximum atomic E-state index is 12.4. The predicted octanol–water partition coefficient (Wildman–Crippen LogP) is 4.17. The van der Waals surface area contributed by atoms with Gasteiger partial charge in [0.15, 0.2) is 6.10 Å². The second kappa shape index (κ2) is 8.68. The van der Waals surface area contributed by atoms with Crippen LogP contribution in [0.4, 0.5) is 0 Å². The molecule has 3 aromatic rings. The number of nitrogens with zero attached hydrogens (tertiary/aromatic N) is 2. The second-order valence-corrected chi connectivity index (χ2v) is 6.44. The first-order valence-corrected chi connectivity index (χ1v) is 9.03. The average molecular weight is 386 g/mol. The molecule has 0 aliphatic carbocycles. The molecular weight excluding hydrogens is 366 g/mol. The molecule has 0 spiro atoms. The lowest BCUT2D eigenvalue weighted by Crippen LogP contribution is -2.37. The molecule has 0 bridgehead atoms. The van der Waals surface area contributed by atoms with Crippen molar-refractivity contribution in [2.24, 2.45) is 0 Å². The van der Waals surface area contributed by atoms with Gasteiger partial charge < -0.3 is 14.6 Å². The molecule has 1 aromatic heterocycles. The SMILES string of the molecule is CCC(Oc1ccc(C)cc1)C(=O)NCc1nc(-c2ccccc2Cl)no1. The van der Waals surface area contributed by atoms with Crippen molar-refractivity contribution in [2.75, 3.05) is 0 Å². The van der Waals surface area contributed by atoms with E-state index in [-0.39, 0.29) is 12.5 Å². The summed E-state index contributed by atoms with van der Waals surface area (Å²) in [7, 11) is 0. The standard InChI is InChI=1S/C20H20ClN3O3/c1-3-17(26-14-10-8-13(2)9-11-14)20(25)22-12-18-23-19(24-27-18)15-6-4-5-7-16(15)21/h4-11,17H,3,12H2,1-2H3,(H,22,25). The van der Waals surface area contributed by atoms with Gasteiger partial charge in [0.1, 0.15) is 5.75 Å². The van der Waals surface area contributed by atoms with Crippen LogP contribution >= 0.6 is 11.6 Å². The Kier molecular flexibility index (Phi) is 6.08. The number of benzene rings is 2. The Bertz CT molecular complexity index is 909. The highest BCUT2D eigenvalue weighted by Gasteiger charge is 2.19. The Hall–Kier alpha value is -2.86. The number of nitrogens with one attached hydrogen (secondary N) is 1. The number of aromatic nitrogens is 2. The van der Waals surface area contributed by atoms with Crippen molar-refractivity contribution in [3.8, 4) is 17.1 Å². The van der Waals surface area contributed by atoms with Crippen molar-refractivity contribution in [2.45, 2.75) is 32.9 Å². The van der Waals surface area contributed by atoms with Crippen molar-refractivity contribution in [3.63, 3.8) is 0 Å². The van der Waals surface area contributed by atoms with Crippen LogP contribution < -0.4 is 10.1 Å². The zero-order valence-electron chi connectivity index (χ0n) is 15.1. The molecule has 2 aromatic carbocycles. The lowest BCUT2D eigenvalue weighted by atomic mass is 10.2. The molecule has 3 rings (SSSR count). The van der Waals surface area contributed by atoms with Crippen LogP contribution in [0.25, 0.3) is 11.4 Å². The van der Waals surface area contributed by atoms with E-state index in [0.717, 1.165) is 5.56 Å². The molecular formula is C20H20ClN3O3.